The van der Waals surface area contributed by atoms with Crippen molar-refractivity contribution in [2.75, 3.05) is 0 Å². The first-order chi connectivity index (χ1) is 5.83. The second kappa shape index (κ2) is 2.57. The highest BCUT2D eigenvalue weighted by Crippen LogP contribution is 2.30. The van der Waals surface area contributed by atoms with Crippen LogP contribution in [0.15, 0.2) is 5.16 Å². The number of amides is 1. The maximum Gasteiger partial charge on any atom is 0.439 e. The van der Waals surface area contributed by atoms with Crippen molar-refractivity contribution in [1.29, 1.82) is 0 Å². The van der Waals surface area contributed by atoms with Crippen LogP contribution >= 0.6 is 0 Å². The smallest absolute Gasteiger partial charge is 0.410 e. The van der Waals surface area contributed by atoms with Gasteiger partial charge in [0.25, 0.3) is 11.6 Å². The Balaban J connectivity index is 3.13. The highest BCUT2D eigenvalue weighted by Gasteiger charge is 2.64. The molecule has 1 fully saturated rings. The van der Waals surface area contributed by atoms with Crippen molar-refractivity contribution in [1.82, 2.24) is 10.9 Å². The molecule has 0 aromatic heterocycles. The first-order valence-corrected chi connectivity index (χ1v) is 2.92. The first kappa shape index (κ1) is 9.74. The molecule has 1 aliphatic rings. The van der Waals surface area contributed by atoms with E-state index < -0.39 is 23.5 Å². The van der Waals surface area contributed by atoms with Crippen molar-refractivity contribution in [3.05, 3.63) is 0 Å². The summed E-state index contributed by atoms with van der Waals surface area (Å²) < 4.78 is 36.2. The summed E-state index contributed by atoms with van der Waals surface area (Å²) in [4.78, 5) is 10.5. The van der Waals surface area contributed by atoms with E-state index in [2.05, 4.69) is 5.16 Å². The molecule has 4 N–H and O–H groups in total. The van der Waals surface area contributed by atoms with Gasteiger partial charge in [-0.15, -0.1) is 0 Å². The Hall–Kier alpha value is -1.35. The molecule has 0 spiro atoms. The molecule has 1 saturated heterocycles. The zero-order valence-corrected chi connectivity index (χ0v) is 5.88. The Morgan fingerprint density at radius 2 is 2.00 bits per heavy atom. The Labute approximate surface area is 69.0 Å². The number of alkyl halides is 3. The van der Waals surface area contributed by atoms with E-state index in [9.17, 15) is 18.0 Å². The van der Waals surface area contributed by atoms with Crippen LogP contribution in [-0.2, 0) is 4.79 Å². The minimum absolute atomic E-state index is 1.26. The number of nitrogens with zero attached hydrogens (tertiary/aromatic N) is 1. The molecule has 74 valence electrons. The fourth-order valence-corrected chi connectivity index (χ4v) is 0.753. The van der Waals surface area contributed by atoms with Crippen LogP contribution in [0.2, 0.25) is 0 Å². The molecule has 0 aliphatic carbocycles. The fourth-order valence-electron chi connectivity index (χ4n) is 0.753. The lowest BCUT2D eigenvalue weighted by Crippen LogP contribution is -2.59. The second-order valence-electron chi connectivity index (χ2n) is 2.24. The van der Waals surface area contributed by atoms with Crippen molar-refractivity contribution >= 4 is 11.6 Å². The third-order valence-corrected chi connectivity index (χ3v) is 1.42. The largest absolute Gasteiger partial charge is 0.439 e. The lowest BCUT2D eigenvalue weighted by atomic mass is 10.1. The minimum atomic E-state index is -5.16. The molecule has 1 amide bonds. The van der Waals surface area contributed by atoms with Crippen LogP contribution < -0.4 is 10.9 Å². The molecule has 0 radical (unpaired) electrons. The summed E-state index contributed by atoms with van der Waals surface area (Å²) in [5, 5.41) is 19.0. The third kappa shape index (κ3) is 1.21. The number of oxime groups is 1. The number of carbonyl (C=O) groups is 1. The van der Waals surface area contributed by atoms with Gasteiger partial charge in [-0.2, -0.15) is 18.6 Å². The predicted molar refractivity (Wildman–Crippen MR) is 31.5 cm³/mol. The molecular formula is C4H4F3N3O3. The molecule has 1 rings (SSSR count). The van der Waals surface area contributed by atoms with Crippen LogP contribution in [0.5, 0.6) is 0 Å². The SMILES string of the molecule is O=C1NNC(O)(C(F)(F)F)/C1=N/O. The van der Waals surface area contributed by atoms with E-state index in [-0.39, 0.29) is 0 Å². The van der Waals surface area contributed by atoms with Crippen LogP contribution in [0.25, 0.3) is 0 Å². The number of halogens is 3. The monoisotopic (exact) mass is 199 g/mol. The van der Waals surface area contributed by atoms with Gasteiger partial charge in [0.2, 0.25) is 5.71 Å². The van der Waals surface area contributed by atoms with Gasteiger partial charge in [-0.1, -0.05) is 5.16 Å². The molecule has 13 heavy (non-hydrogen) atoms. The van der Waals surface area contributed by atoms with Crippen molar-refractivity contribution < 1.29 is 28.3 Å². The number of rotatable bonds is 0. The zero-order valence-electron chi connectivity index (χ0n) is 5.88. The molecule has 0 aromatic carbocycles. The van der Waals surface area contributed by atoms with E-state index in [4.69, 9.17) is 10.3 Å². The predicted octanol–water partition coefficient (Wildman–Crippen LogP) is -1.30. The van der Waals surface area contributed by atoms with E-state index in [1.165, 1.54) is 10.9 Å². The van der Waals surface area contributed by atoms with E-state index in [1.807, 2.05) is 0 Å². The normalized spacial score (nSPS) is 32.3. The van der Waals surface area contributed by atoms with E-state index in [1.54, 1.807) is 0 Å². The van der Waals surface area contributed by atoms with Crippen molar-refractivity contribution in [2.24, 2.45) is 5.16 Å². The molecule has 1 atom stereocenters. The average Bonchev–Trinajstić information content (AvgIpc) is 2.27. The summed E-state index contributed by atoms with van der Waals surface area (Å²) in [6, 6.07) is 0. The van der Waals surface area contributed by atoms with Crippen LogP contribution in [0.1, 0.15) is 0 Å². The van der Waals surface area contributed by atoms with Gasteiger partial charge in [-0.05, 0) is 0 Å². The number of hydrogen-bond donors (Lipinski definition) is 4. The number of nitrogens with one attached hydrogen (secondary N) is 2. The Morgan fingerprint density at radius 1 is 1.46 bits per heavy atom. The quantitative estimate of drug-likeness (QED) is 0.288. The van der Waals surface area contributed by atoms with Gasteiger partial charge < -0.3 is 10.3 Å². The minimum Gasteiger partial charge on any atom is -0.410 e. The van der Waals surface area contributed by atoms with E-state index in [0.29, 0.717) is 0 Å². The topological polar surface area (TPSA) is 94.0 Å². The molecule has 9 heteroatoms. The van der Waals surface area contributed by atoms with E-state index >= 15 is 0 Å². The van der Waals surface area contributed by atoms with Gasteiger partial charge in [0.15, 0.2) is 0 Å². The van der Waals surface area contributed by atoms with Crippen molar-refractivity contribution in [3.8, 4) is 0 Å². The van der Waals surface area contributed by atoms with Gasteiger partial charge in [0, 0.05) is 0 Å². The van der Waals surface area contributed by atoms with Gasteiger partial charge in [-0.3, -0.25) is 10.2 Å². The summed E-state index contributed by atoms with van der Waals surface area (Å²) >= 11 is 0. The first-order valence-electron chi connectivity index (χ1n) is 2.92. The molecule has 1 aliphatic heterocycles. The lowest BCUT2D eigenvalue weighted by Gasteiger charge is -2.23. The zero-order chi connectivity index (χ0) is 10.3. The Morgan fingerprint density at radius 3 is 2.31 bits per heavy atom. The number of hydrazine groups is 1. The van der Waals surface area contributed by atoms with Gasteiger partial charge in [0.05, 0.1) is 0 Å². The number of aliphatic hydroxyl groups is 1. The Bertz CT molecular complexity index is 276. The molecule has 1 unspecified atom stereocenters. The van der Waals surface area contributed by atoms with Crippen molar-refractivity contribution in [2.45, 2.75) is 11.9 Å². The second-order valence-corrected chi connectivity index (χ2v) is 2.24. The highest BCUT2D eigenvalue weighted by molar-refractivity contribution is 6.43. The molecule has 0 bridgehead atoms. The van der Waals surface area contributed by atoms with E-state index in [0.717, 1.165) is 0 Å². The summed E-state index contributed by atoms with van der Waals surface area (Å²) in [5.74, 6) is -1.35. The maximum atomic E-state index is 12.1. The molecule has 0 saturated carbocycles. The Kier molecular flexibility index (Phi) is 1.92. The summed E-state index contributed by atoms with van der Waals surface area (Å²) in [7, 11) is 0. The number of carbonyl (C=O) groups excluding carboxylic acids is 1. The molecule has 1 heterocycles. The van der Waals surface area contributed by atoms with Gasteiger partial charge in [0.1, 0.15) is 0 Å². The maximum absolute atomic E-state index is 12.1. The molecule has 0 aromatic rings. The third-order valence-electron chi connectivity index (χ3n) is 1.42. The lowest BCUT2D eigenvalue weighted by molar-refractivity contribution is -0.241. The van der Waals surface area contributed by atoms with Gasteiger partial charge in [-0.25, -0.2) is 0 Å². The standard InChI is InChI=1S/C4H4F3N3O3/c5-4(6,7)3(12)1(9-13)2(11)8-10-3/h10,12-13H,(H,8,11)/b9-1+. The van der Waals surface area contributed by atoms with Crippen LogP contribution in [-0.4, -0.2) is 33.8 Å². The van der Waals surface area contributed by atoms with Crippen molar-refractivity contribution in [3.63, 3.8) is 0 Å². The highest BCUT2D eigenvalue weighted by atomic mass is 19.4. The molecule has 6 nitrogen and oxygen atoms in total. The summed E-state index contributed by atoms with van der Waals surface area (Å²) in [6.07, 6.45) is -5.16. The average molecular weight is 199 g/mol. The fraction of sp³-hybridized carbons (Fsp3) is 0.500. The number of hydrogen-bond acceptors (Lipinski definition) is 5. The molecular weight excluding hydrogens is 195 g/mol. The van der Waals surface area contributed by atoms with Crippen LogP contribution in [0.4, 0.5) is 13.2 Å². The summed E-state index contributed by atoms with van der Waals surface area (Å²) in [5.41, 5.74) is -2.35. The van der Waals surface area contributed by atoms with Crippen LogP contribution in [0, 0.1) is 0 Å². The van der Waals surface area contributed by atoms with Gasteiger partial charge >= 0.3 is 6.18 Å². The van der Waals surface area contributed by atoms with Crippen LogP contribution in [0.3, 0.4) is 0 Å². The summed E-state index contributed by atoms with van der Waals surface area (Å²) in [6.45, 7) is 0.